The summed E-state index contributed by atoms with van der Waals surface area (Å²) in [4.78, 5) is 30.6. The maximum Gasteiger partial charge on any atom is 0.264 e. The lowest BCUT2D eigenvalue weighted by molar-refractivity contribution is -0.146. The van der Waals surface area contributed by atoms with Gasteiger partial charge in [-0.1, -0.05) is 67.7 Å². The molecular weight excluding hydrogens is 544 g/mol. The molecule has 0 bridgehead atoms. The number of rotatable bonds is 8. The number of fused-ring (bicyclic) bond motifs is 2. The molecule has 2 amide bonds. The molecule has 2 fully saturated rings. The number of aliphatic hydroxyl groups is 1. The summed E-state index contributed by atoms with van der Waals surface area (Å²) in [7, 11) is -0.536. The van der Waals surface area contributed by atoms with Crippen LogP contribution in [-0.2, 0) is 26.5 Å². The molecule has 1 spiro atoms. The van der Waals surface area contributed by atoms with Gasteiger partial charge in [0.15, 0.2) is 5.60 Å². The molecule has 3 aliphatic rings. The number of nitrogens with zero attached hydrogens (tertiary/aromatic N) is 2. The number of hydrogen-bond acceptors (Lipinski definition) is 5. The fraction of sp³-hybridized carbons (Fsp3) is 0.412. The molecule has 42 heavy (non-hydrogen) atoms. The first kappa shape index (κ1) is 28.6. The van der Waals surface area contributed by atoms with Crippen molar-refractivity contribution in [3.8, 4) is 5.75 Å². The monoisotopic (exact) mass is 584 g/mol. The minimum atomic E-state index is -2.21. The first-order valence-corrected chi connectivity index (χ1v) is 18.0. The van der Waals surface area contributed by atoms with Crippen molar-refractivity contribution in [2.24, 2.45) is 5.92 Å². The van der Waals surface area contributed by atoms with E-state index in [-0.39, 0.29) is 36.0 Å². The lowest BCUT2D eigenvalue weighted by Gasteiger charge is -2.37. The quantitative estimate of drug-likeness (QED) is 0.379. The van der Waals surface area contributed by atoms with E-state index >= 15 is 0 Å². The SMILES string of the molecule is COc1ccc([Si](C)(C)[C@@H]2[C@@H](CCO)O[C@]3(C(=O)N(Cc4ccc(N5CCCC5=O)cc4)c4ccccc43)[C@H]2C)cc1. The highest BCUT2D eigenvalue weighted by Crippen LogP contribution is 2.60. The molecule has 0 unspecified atom stereocenters. The van der Waals surface area contributed by atoms with E-state index in [1.54, 1.807) is 7.11 Å². The van der Waals surface area contributed by atoms with Crippen LogP contribution in [0.1, 0.15) is 37.3 Å². The number of hydrogen-bond donors (Lipinski definition) is 1. The smallest absolute Gasteiger partial charge is 0.264 e. The van der Waals surface area contributed by atoms with E-state index in [1.807, 2.05) is 70.5 Å². The van der Waals surface area contributed by atoms with E-state index in [2.05, 4.69) is 32.2 Å². The molecule has 3 heterocycles. The average molecular weight is 585 g/mol. The van der Waals surface area contributed by atoms with Gasteiger partial charge in [0.25, 0.3) is 5.91 Å². The number of carbonyl (C=O) groups excluding carboxylic acids is 2. The fourth-order valence-electron chi connectivity index (χ4n) is 7.71. The second kappa shape index (κ2) is 11.0. The van der Waals surface area contributed by atoms with Gasteiger partial charge in [0.1, 0.15) is 5.75 Å². The van der Waals surface area contributed by atoms with Crippen molar-refractivity contribution in [1.29, 1.82) is 0 Å². The molecule has 4 atom stereocenters. The zero-order valence-corrected chi connectivity index (χ0v) is 25.9. The van der Waals surface area contributed by atoms with Crippen LogP contribution < -0.4 is 19.7 Å². The second-order valence-corrected chi connectivity index (χ2v) is 17.1. The van der Waals surface area contributed by atoms with Crippen molar-refractivity contribution in [2.75, 3.05) is 30.1 Å². The second-order valence-electron chi connectivity index (χ2n) is 12.4. The Morgan fingerprint density at radius 2 is 1.74 bits per heavy atom. The van der Waals surface area contributed by atoms with Crippen molar-refractivity contribution in [1.82, 2.24) is 0 Å². The predicted molar refractivity (Wildman–Crippen MR) is 167 cm³/mol. The van der Waals surface area contributed by atoms with E-state index in [1.165, 1.54) is 5.19 Å². The minimum absolute atomic E-state index is 0.00246. The number of ether oxygens (including phenoxy) is 2. The largest absolute Gasteiger partial charge is 0.497 e. The van der Waals surface area contributed by atoms with Gasteiger partial charge in [0, 0.05) is 36.7 Å². The van der Waals surface area contributed by atoms with Crippen molar-refractivity contribution < 1.29 is 24.2 Å². The fourth-order valence-corrected chi connectivity index (χ4v) is 11.8. The van der Waals surface area contributed by atoms with Crippen LogP contribution in [0.2, 0.25) is 18.6 Å². The third-order valence-electron chi connectivity index (χ3n) is 9.82. The van der Waals surface area contributed by atoms with Gasteiger partial charge in [-0.05, 0) is 54.3 Å². The molecule has 0 aromatic heterocycles. The number of carbonyl (C=O) groups is 2. The van der Waals surface area contributed by atoms with Crippen LogP contribution in [0, 0.1) is 5.92 Å². The summed E-state index contributed by atoms with van der Waals surface area (Å²) in [5, 5.41) is 11.4. The number of anilines is 2. The molecular formula is C34H40N2O5Si. The number of amides is 2. The van der Waals surface area contributed by atoms with E-state index in [0.29, 0.717) is 19.4 Å². The van der Waals surface area contributed by atoms with Gasteiger partial charge >= 0.3 is 0 Å². The van der Waals surface area contributed by atoms with Crippen LogP contribution in [-0.4, -0.2) is 51.4 Å². The number of benzene rings is 3. The van der Waals surface area contributed by atoms with Crippen molar-refractivity contribution in [3.05, 3.63) is 83.9 Å². The molecule has 0 aliphatic carbocycles. The first-order chi connectivity index (χ1) is 20.2. The standard InChI is InChI=1S/C34H40N2O5Si/c1-23-32(42(3,4)27-17-15-26(40-2)16-18-27)30(19-21-37)41-34(23)28-8-5-6-9-29(28)36(33(34)39)22-24-11-13-25(14-12-24)35-20-7-10-31(35)38/h5-6,8-9,11-18,23,30,32,37H,7,10,19-22H2,1-4H3/t23-,30+,32-,34+/m0/s1. The first-order valence-electron chi connectivity index (χ1n) is 15.0. The molecule has 8 heteroatoms. The summed E-state index contributed by atoms with van der Waals surface area (Å²) >= 11 is 0. The Bertz CT molecular complexity index is 1470. The summed E-state index contributed by atoms with van der Waals surface area (Å²) in [6, 6.07) is 24.3. The van der Waals surface area contributed by atoms with Crippen molar-refractivity contribution in [2.45, 2.75) is 63.1 Å². The molecule has 7 nitrogen and oxygen atoms in total. The molecule has 1 N–H and O–H groups in total. The Balaban J connectivity index is 1.34. The molecule has 0 saturated carbocycles. The molecule has 3 aliphatic heterocycles. The van der Waals surface area contributed by atoms with Crippen LogP contribution in [0.4, 0.5) is 11.4 Å². The van der Waals surface area contributed by atoms with Crippen molar-refractivity contribution >= 4 is 36.4 Å². The third kappa shape index (κ3) is 4.48. The summed E-state index contributed by atoms with van der Waals surface area (Å²) in [6.07, 6.45) is 1.71. The maximum absolute atomic E-state index is 14.6. The molecule has 3 aromatic rings. The van der Waals surface area contributed by atoms with E-state index in [0.717, 1.165) is 41.2 Å². The summed E-state index contributed by atoms with van der Waals surface area (Å²) < 4.78 is 12.4. The Kier molecular flexibility index (Phi) is 7.49. The van der Waals surface area contributed by atoms with Crippen LogP contribution >= 0.6 is 0 Å². The molecule has 220 valence electrons. The molecule has 3 aromatic carbocycles. The predicted octanol–water partition coefficient (Wildman–Crippen LogP) is 4.97. The lowest BCUT2D eigenvalue weighted by atomic mass is 9.82. The Morgan fingerprint density at radius 3 is 2.38 bits per heavy atom. The maximum atomic E-state index is 14.6. The van der Waals surface area contributed by atoms with Gasteiger partial charge in [-0.25, -0.2) is 0 Å². The zero-order chi connectivity index (χ0) is 29.6. The van der Waals surface area contributed by atoms with Crippen LogP contribution in [0.15, 0.2) is 72.8 Å². The van der Waals surface area contributed by atoms with Crippen LogP contribution in [0.3, 0.4) is 0 Å². The van der Waals surface area contributed by atoms with Gasteiger partial charge in [0.05, 0.1) is 33.5 Å². The van der Waals surface area contributed by atoms with Gasteiger partial charge in [-0.15, -0.1) is 0 Å². The summed E-state index contributed by atoms with van der Waals surface area (Å²) in [5.41, 5.74) is 2.67. The number of methoxy groups -OCH3 is 1. The summed E-state index contributed by atoms with van der Waals surface area (Å²) in [5.74, 6) is 0.840. The highest BCUT2D eigenvalue weighted by molar-refractivity contribution is 6.91. The average Bonchev–Trinajstić information content (AvgIpc) is 3.63. The van der Waals surface area contributed by atoms with Gasteiger partial charge in [-0.2, -0.15) is 0 Å². The third-order valence-corrected chi connectivity index (χ3v) is 14.2. The lowest BCUT2D eigenvalue weighted by Crippen LogP contribution is -2.51. The van der Waals surface area contributed by atoms with E-state index < -0.39 is 13.7 Å². The van der Waals surface area contributed by atoms with Gasteiger partial charge in [0.2, 0.25) is 5.91 Å². The number of para-hydroxylation sites is 1. The Morgan fingerprint density at radius 1 is 1.02 bits per heavy atom. The van der Waals surface area contributed by atoms with Crippen LogP contribution in [0.25, 0.3) is 0 Å². The van der Waals surface area contributed by atoms with E-state index in [9.17, 15) is 14.7 Å². The van der Waals surface area contributed by atoms with Gasteiger partial charge < -0.3 is 24.4 Å². The molecule has 0 radical (unpaired) electrons. The minimum Gasteiger partial charge on any atom is -0.497 e. The summed E-state index contributed by atoms with van der Waals surface area (Å²) in [6.45, 7) is 8.02. The highest BCUT2D eigenvalue weighted by atomic mass is 28.3. The topological polar surface area (TPSA) is 79.3 Å². The highest BCUT2D eigenvalue weighted by Gasteiger charge is 2.66. The van der Waals surface area contributed by atoms with Crippen molar-refractivity contribution in [3.63, 3.8) is 0 Å². The van der Waals surface area contributed by atoms with Crippen LogP contribution in [0.5, 0.6) is 5.75 Å². The normalized spacial score (nSPS) is 25.5. The molecule has 2 saturated heterocycles. The number of aliphatic hydroxyl groups excluding tert-OH is 1. The van der Waals surface area contributed by atoms with Gasteiger partial charge in [-0.3, -0.25) is 9.59 Å². The Hall–Kier alpha value is -3.46. The Labute approximate surface area is 249 Å². The molecule has 6 rings (SSSR count). The zero-order valence-electron chi connectivity index (χ0n) is 24.9. The van der Waals surface area contributed by atoms with E-state index in [4.69, 9.17) is 9.47 Å².